The molecule has 2 saturated heterocycles. The number of carbonyl (C=O) groups excluding carboxylic acids is 2. The summed E-state index contributed by atoms with van der Waals surface area (Å²) in [6, 6.07) is 7.90. The largest absolute Gasteiger partial charge is 0.342 e. The van der Waals surface area contributed by atoms with E-state index in [1.54, 1.807) is 0 Å². The average Bonchev–Trinajstić information content (AvgIpc) is 3.28. The fourth-order valence-electron chi connectivity index (χ4n) is 4.61. The van der Waals surface area contributed by atoms with Crippen LogP contribution in [0.1, 0.15) is 60.6 Å². The molecule has 3 aliphatic rings. The molecule has 1 aromatic carbocycles. The molecule has 0 spiro atoms. The number of carbonyl (C=O) groups is 2. The van der Waals surface area contributed by atoms with Crippen LogP contribution in [0.3, 0.4) is 0 Å². The predicted molar refractivity (Wildman–Crippen MR) is 115 cm³/mol. The molecule has 3 fully saturated rings. The monoisotopic (exact) mass is 471 g/mol. The van der Waals surface area contributed by atoms with Crippen molar-refractivity contribution in [2.24, 2.45) is 5.92 Å². The van der Waals surface area contributed by atoms with Crippen LogP contribution in [0.15, 0.2) is 28.7 Å². The van der Waals surface area contributed by atoms with Crippen LogP contribution in [0.5, 0.6) is 0 Å². The highest BCUT2D eigenvalue weighted by Gasteiger charge is 2.37. The first-order chi connectivity index (χ1) is 14.6. The van der Waals surface area contributed by atoms with Crippen LogP contribution in [0, 0.1) is 5.92 Å². The van der Waals surface area contributed by atoms with Gasteiger partial charge in [-0.25, -0.2) is 4.68 Å². The third-order valence-corrected chi connectivity index (χ3v) is 7.02. The van der Waals surface area contributed by atoms with E-state index in [0.717, 1.165) is 67.5 Å². The third kappa shape index (κ3) is 3.77. The van der Waals surface area contributed by atoms with Crippen molar-refractivity contribution in [3.8, 4) is 5.69 Å². The van der Waals surface area contributed by atoms with Crippen LogP contribution in [-0.4, -0.2) is 62.8 Å². The number of rotatable bonds is 4. The van der Waals surface area contributed by atoms with Gasteiger partial charge in [0.2, 0.25) is 5.91 Å². The Labute approximate surface area is 184 Å². The average molecular weight is 472 g/mol. The van der Waals surface area contributed by atoms with E-state index < -0.39 is 0 Å². The Hall–Kier alpha value is -2.22. The van der Waals surface area contributed by atoms with Crippen molar-refractivity contribution in [2.45, 2.75) is 44.4 Å². The molecule has 1 aliphatic carbocycles. The van der Waals surface area contributed by atoms with Crippen LogP contribution >= 0.6 is 15.9 Å². The summed E-state index contributed by atoms with van der Waals surface area (Å²) >= 11 is 3.46. The van der Waals surface area contributed by atoms with Crippen molar-refractivity contribution in [3.05, 3.63) is 40.1 Å². The van der Waals surface area contributed by atoms with Crippen LogP contribution in [-0.2, 0) is 4.79 Å². The summed E-state index contributed by atoms with van der Waals surface area (Å²) in [6.45, 7) is 3.00. The molecule has 2 aliphatic heterocycles. The Bertz CT molecular complexity index is 939. The number of halogens is 1. The quantitative estimate of drug-likeness (QED) is 0.684. The van der Waals surface area contributed by atoms with E-state index in [9.17, 15) is 9.59 Å². The Morgan fingerprint density at radius 2 is 1.57 bits per heavy atom. The molecule has 1 saturated carbocycles. The normalized spacial score (nSPS) is 20.0. The van der Waals surface area contributed by atoms with Crippen LogP contribution in [0.4, 0.5) is 0 Å². The van der Waals surface area contributed by atoms with Gasteiger partial charge in [0.05, 0.1) is 11.4 Å². The summed E-state index contributed by atoms with van der Waals surface area (Å²) in [4.78, 5) is 29.8. The molecule has 1 aromatic heterocycles. The minimum Gasteiger partial charge on any atom is -0.342 e. The molecule has 2 amide bonds. The van der Waals surface area contributed by atoms with Crippen LogP contribution in [0.2, 0.25) is 0 Å². The summed E-state index contributed by atoms with van der Waals surface area (Å²) in [5, 5.41) is 8.64. The van der Waals surface area contributed by atoms with E-state index in [-0.39, 0.29) is 17.7 Å². The van der Waals surface area contributed by atoms with Gasteiger partial charge in [-0.05, 0) is 62.8 Å². The summed E-state index contributed by atoms with van der Waals surface area (Å²) < 4.78 is 2.82. The van der Waals surface area contributed by atoms with E-state index in [4.69, 9.17) is 0 Å². The van der Waals surface area contributed by atoms with Gasteiger partial charge in [-0.2, -0.15) is 0 Å². The van der Waals surface area contributed by atoms with Gasteiger partial charge in [0, 0.05) is 42.5 Å². The first kappa shape index (κ1) is 19.7. The number of hydrogen-bond acceptors (Lipinski definition) is 4. The Balaban J connectivity index is 1.31. The van der Waals surface area contributed by atoms with Crippen LogP contribution < -0.4 is 0 Å². The lowest BCUT2D eigenvalue weighted by molar-refractivity contribution is -0.135. The van der Waals surface area contributed by atoms with Crippen molar-refractivity contribution >= 4 is 27.7 Å². The number of nitrogens with zero attached hydrogens (tertiary/aromatic N) is 5. The molecule has 0 bridgehead atoms. The second-order valence-corrected chi connectivity index (χ2v) is 9.50. The van der Waals surface area contributed by atoms with Gasteiger partial charge < -0.3 is 9.80 Å². The molecule has 0 radical (unpaired) electrons. The van der Waals surface area contributed by atoms with Crippen molar-refractivity contribution in [2.75, 3.05) is 26.2 Å². The SMILES string of the molecule is O=C(c1nnn(-c2ccc(Br)cc2)c1C1CC1)N1CCC(C(=O)N2CCCC2)CC1. The van der Waals surface area contributed by atoms with E-state index in [2.05, 4.69) is 26.2 Å². The first-order valence-corrected chi connectivity index (χ1v) is 11.7. The van der Waals surface area contributed by atoms with Crippen molar-refractivity contribution in [1.82, 2.24) is 24.8 Å². The highest BCUT2D eigenvalue weighted by atomic mass is 79.9. The Morgan fingerprint density at radius 1 is 0.900 bits per heavy atom. The Morgan fingerprint density at radius 3 is 2.20 bits per heavy atom. The second kappa shape index (κ2) is 8.13. The van der Waals surface area contributed by atoms with E-state index in [0.29, 0.717) is 24.7 Å². The molecule has 7 nitrogen and oxygen atoms in total. The van der Waals surface area contributed by atoms with Gasteiger partial charge in [-0.3, -0.25) is 9.59 Å². The summed E-state index contributed by atoms with van der Waals surface area (Å²) in [7, 11) is 0. The minimum absolute atomic E-state index is 0.0488. The zero-order chi connectivity index (χ0) is 20.7. The molecule has 3 heterocycles. The third-order valence-electron chi connectivity index (χ3n) is 6.49. The van der Waals surface area contributed by atoms with Crippen molar-refractivity contribution in [3.63, 3.8) is 0 Å². The van der Waals surface area contributed by atoms with Gasteiger partial charge in [-0.15, -0.1) is 5.10 Å². The molecular weight excluding hydrogens is 446 g/mol. The molecule has 2 aromatic rings. The molecule has 158 valence electrons. The lowest BCUT2D eigenvalue weighted by Gasteiger charge is -2.33. The number of aromatic nitrogens is 3. The van der Waals surface area contributed by atoms with Crippen molar-refractivity contribution in [1.29, 1.82) is 0 Å². The van der Waals surface area contributed by atoms with Gasteiger partial charge in [-0.1, -0.05) is 21.1 Å². The summed E-state index contributed by atoms with van der Waals surface area (Å²) in [5.41, 5.74) is 2.32. The lowest BCUT2D eigenvalue weighted by atomic mass is 9.95. The predicted octanol–water partition coefficient (Wildman–Crippen LogP) is 3.38. The number of hydrogen-bond donors (Lipinski definition) is 0. The lowest BCUT2D eigenvalue weighted by Crippen LogP contribution is -2.44. The number of likely N-dealkylation sites (tertiary alicyclic amines) is 2. The fraction of sp³-hybridized carbons (Fsp3) is 0.545. The highest BCUT2D eigenvalue weighted by Crippen LogP contribution is 2.42. The molecule has 0 atom stereocenters. The molecule has 5 rings (SSSR count). The molecular formula is C22H26BrN5O2. The number of piperidine rings is 1. The van der Waals surface area contributed by atoms with Gasteiger partial charge in [0.15, 0.2) is 5.69 Å². The molecule has 0 unspecified atom stereocenters. The number of amides is 2. The zero-order valence-electron chi connectivity index (χ0n) is 17.0. The molecule has 0 N–H and O–H groups in total. The standard InChI is InChI=1S/C22H26BrN5O2/c23-17-5-7-18(8-6-17)28-20(15-3-4-15)19(24-25-28)22(30)27-13-9-16(10-14-27)21(29)26-11-1-2-12-26/h5-8,15-16H,1-4,9-14H2. The van der Waals surface area contributed by atoms with Crippen molar-refractivity contribution < 1.29 is 9.59 Å². The second-order valence-electron chi connectivity index (χ2n) is 8.58. The summed E-state index contributed by atoms with van der Waals surface area (Å²) in [5.74, 6) is 0.622. The summed E-state index contributed by atoms with van der Waals surface area (Å²) in [6.07, 6.45) is 5.83. The molecule has 30 heavy (non-hydrogen) atoms. The van der Waals surface area contributed by atoms with E-state index >= 15 is 0 Å². The number of benzene rings is 1. The first-order valence-electron chi connectivity index (χ1n) is 10.9. The maximum Gasteiger partial charge on any atom is 0.276 e. The highest BCUT2D eigenvalue weighted by molar-refractivity contribution is 9.10. The van der Waals surface area contributed by atoms with Gasteiger partial charge in [0.25, 0.3) is 5.91 Å². The van der Waals surface area contributed by atoms with E-state index in [1.165, 1.54) is 0 Å². The topological polar surface area (TPSA) is 71.3 Å². The maximum absolute atomic E-state index is 13.3. The van der Waals surface area contributed by atoms with E-state index in [1.807, 2.05) is 38.7 Å². The van der Waals surface area contributed by atoms with Crippen LogP contribution in [0.25, 0.3) is 5.69 Å². The minimum atomic E-state index is -0.0488. The zero-order valence-corrected chi connectivity index (χ0v) is 18.6. The van der Waals surface area contributed by atoms with Gasteiger partial charge >= 0.3 is 0 Å². The smallest absolute Gasteiger partial charge is 0.276 e. The molecule has 8 heteroatoms. The maximum atomic E-state index is 13.3. The fourth-order valence-corrected chi connectivity index (χ4v) is 4.88. The Kier molecular flexibility index (Phi) is 5.35. The van der Waals surface area contributed by atoms with Gasteiger partial charge in [0.1, 0.15) is 0 Å².